The summed E-state index contributed by atoms with van der Waals surface area (Å²) < 4.78 is 1.36. The number of aromatic nitrogens is 5. The van der Waals surface area contributed by atoms with E-state index in [1.807, 2.05) is 6.07 Å². The van der Waals surface area contributed by atoms with Gasteiger partial charge in [0.2, 0.25) is 5.91 Å². The largest absolute Gasteiger partial charge is 0.369 e. The fraction of sp³-hybridized carbons (Fsp3) is 0.545. The molecule has 19 heavy (non-hydrogen) atoms. The maximum atomic E-state index is 11.5. The van der Waals surface area contributed by atoms with Gasteiger partial charge in [0.05, 0.1) is 0 Å². The first kappa shape index (κ1) is 11.8. The first-order valence-electron chi connectivity index (χ1n) is 6.40. The van der Waals surface area contributed by atoms with Crippen LogP contribution in [0.5, 0.6) is 0 Å². The maximum Gasteiger partial charge on any atom is 0.220 e. The standard InChI is InChI=1S/C11H15N7O/c19-11(13-8-3-4-8)2-1-7-12-9-5-6-10-14-16-17-18(10)15-9/h5-6,8H,1-4,7H2,(H,12,15)(H,13,19). The molecule has 1 aliphatic rings. The van der Waals surface area contributed by atoms with Crippen molar-refractivity contribution in [1.82, 2.24) is 30.6 Å². The number of hydrogen-bond donors (Lipinski definition) is 2. The van der Waals surface area contributed by atoms with Crippen LogP contribution in [0.1, 0.15) is 25.7 Å². The molecule has 0 radical (unpaired) electrons. The van der Waals surface area contributed by atoms with Gasteiger partial charge in [-0.05, 0) is 41.8 Å². The molecule has 0 saturated heterocycles. The van der Waals surface area contributed by atoms with E-state index in [0.29, 0.717) is 30.5 Å². The molecule has 8 heteroatoms. The van der Waals surface area contributed by atoms with Crippen LogP contribution in [0.25, 0.3) is 5.65 Å². The molecule has 0 spiro atoms. The number of fused-ring (bicyclic) bond motifs is 1. The van der Waals surface area contributed by atoms with Crippen LogP contribution in [0.15, 0.2) is 12.1 Å². The molecule has 0 aromatic carbocycles. The first-order valence-corrected chi connectivity index (χ1v) is 6.40. The first-order chi connectivity index (χ1) is 9.31. The van der Waals surface area contributed by atoms with Gasteiger partial charge >= 0.3 is 0 Å². The third kappa shape index (κ3) is 3.15. The molecule has 2 aromatic heterocycles. The van der Waals surface area contributed by atoms with Crippen molar-refractivity contribution in [3.8, 4) is 0 Å². The number of amides is 1. The number of hydrogen-bond acceptors (Lipinski definition) is 6. The monoisotopic (exact) mass is 261 g/mol. The van der Waals surface area contributed by atoms with Gasteiger partial charge in [-0.3, -0.25) is 4.79 Å². The molecule has 0 aliphatic heterocycles. The summed E-state index contributed by atoms with van der Waals surface area (Å²) in [6.07, 6.45) is 3.56. The molecule has 100 valence electrons. The molecular formula is C11H15N7O. The molecule has 8 nitrogen and oxygen atoms in total. The number of nitrogens with one attached hydrogen (secondary N) is 2. The van der Waals surface area contributed by atoms with Gasteiger partial charge in [-0.15, -0.1) is 14.8 Å². The van der Waals surface area contributed by atoms with E-state index in [9.17, 15) is 4.79 Å². The maximum absolute atomic E-state index is 11.5. The number of carbonyl (C=O) groups is 1. The predicted molar refractivity (Wildman–Crippen MR) is 67.5 cm³/mol. The number of tetrazole rings is 1. The summed E-state index contributed by atoms with van der Waals surface area (Å²) in [6.45, 7) is 0.693. The number of rotatable bonds is 6. The van der Waals surface area contributed by atoms with Crippen LogP contribution in [-0.2, 0) is 4.79 Å². The second-order valence-corrected chi connectivity index (χ2v) is 4.62. The van der Waals surface area contributed by atoms with Gasteiger partial charge < -0.3 is 10.6 Å². The SMILES string of the molecule is O=C(CCCNc1ccc2nnnn2n1)NC1CC1. The zero-order chi connectivity index (χ0) is 13.1. The lowest BCUT2D eigenvalue weighted by molar-refractivity contribution is -0.121. The Morgan fingerprint density at radius 3 is 3.16 bits per heavy atom. The smallest absolute Gasteiger partial charge is 0.220 e. The number of anilines is 1. The van der Waals surface area contributed by atoms with E-state index in [2.05, 4.69) is 31.3 Å². The van der Waals surface area contributed by atoms with Crippen molar-refractivity contribution in [2.24, 2.45) is 0 Å². The molecule has 1 fully saturated rings. The average molecular weight is 261 g/mol. The van der Waals surface area contributed by atoms with E-state index in [4.69, 9.17) is 0 Å². The molecule has 2 N–H and O–H groups in total. The summed E-state index contributed by atoms with van der Waals surface area (Å²) in [5.41, 5.74) is 0.606. The highest BCUT2D eigenvalue weighted by Crippen LogP contribution is 2.18. The van der Waals surface area contributed by atoms with Gasteiger partial charge in [-0.1, -0.05) is 0 Å². The highest BCUT2D eigenvalue weighted by atomic mass is 16.1. The summed E-state index contributed by atoms with van der Waals surface area (Å²) in [5.74, 6) is 0.829. The lowest BCUT2D eigenvalue weighted by atomic mass is 10.3. The van der Waals surface area contributed by atoms with Crippen LogP contribution in [0.3, 0.4) is 0 Å². The van der Waals surface area contributed by atoms with E-state index >= 15 is 0 Å². The van der Waals surface area contributed by atoms with Crippen LogP contribution in [0.2, 0.25) is 0 Å². The Morgan fingerprint density at radius 2 is 2.32 bits per heavy atom. The van der Waals surface area contributed by atoms with Crippen LogP contribution in [-0.4, -0.2) is 43.7 Å². The second-order valence-electron chi connectivity index (χ2n) is 4.62. The Balaban J connectivity index is 1.42. The van der Waals surface area contributed by atoms with E-state index in [1.54, 1.807) is 6.07 Å². The van der Waals surface area contributed by atoms with Crippen LogP contribution in [0.4, 0.5) is 5.82 Å². The Hall–Kier alpha value is -2.25. The van der Waals surface area contributed by atoms with Crippen molar-refractivity contribution < 1.29 is 4.79 Å². The van der Waals surface area contributed by atoms with E-state index < -0.39 is 0 Å². The van der Waals surface area contributed by atoms with Crippen molar-refractivity contribution in [1.29, 1.82) is 0 Å². The van der Waals surface area contributed by atoms with Gasteiger partial charge in [0, 0.05) is 19.0 Å². The summed E-state index contributed by atoms with van der Waals surface area (Å²) in [4.78, 5) is 11.5. The normalized spacial score (nSPS) is 14.5. The molecule has 2 aromatic rings. The second kappa shape index (κ2) is 5.17. The molecule has 2 heterocycles. The average Bonchev–Trinajstić information content (AvgIpc) is 3.09. The zero-order valence-corrected chi connectivity index (χ0v) is 10.4. The molecule has 3 rings (SSSR count). The Kier molecular flexibility index (Phi) is 3.21. The van der Waals surface area contributed by atoms with Gasteiger partial charge in [-0.25, -0.2) is 0 Å². The van der Waals surface area contributed by atoms with Crippen molar-refractivity contribution in [3.05, 3.63) is 12.1 Å². The Bertz CT molecular complexity index is 577. The topological polar surface area (TPSA) is 97.1 Å². The van der Waals surface area contributed by atoms with Crippen LogP contribution >= 0.6 is 0 Å². The fourth-order valence-corrected chi connectivity index (χ4v) is 1.74. The van der Waals surface area contributed by atoms with Crippen molar-refractivity contribution >= 4 is 17.4 Å². The molecule has 1 saturated carbocycles. The van der Waals surface area contributed by atoms with E-state index in [1.165, 1.54) is 4.63 Å². The third-order valence-corrected chi connectivity index (χ3v) is 2.90. The van der Waals surface area contributed by atoms with E-state index in [0.717, 1.165) is 19.3 Å². The number of carbonyl (C=O) groups excluding carboxylic acids is 1. The fourth-order valence-electron chi connectivity index (χ4n) is 1.74. The molecule has 0 unspecified atom stereocenters. The molecule has 0 bridgehead atoms. The predicted octanol–water partition coefficient (Wildman–Crippen LogP) is -0.0100. The summed E-state index contributed by atoms with van der Waals surface area (Å²) in [6, 6.07) is 4.04. The summed E-state index contributed by atoms with van der Waals surface area (Å²) >= 11 is 0. The van der Waals surface area contributed by atoms with Gasteiger partial charge in [-0.2, -0.15) is 0 Å². The third-order valence-electron chi connectivity index (χ3n) is 2.90. The molecule has 1 aliphatic carbocycles. The molecule has 1 amide bonds. The quantitative estimate of drug-likeness (QED) is 0.710. The van der Waals surface area contributed by atoms with Gasteiger partial charge in [0.1, 0.15) is 5.82 Å². The minimum absolute atomic E-state index is 0.133. The number of nitrogens with zero attached hydrogens (tertiary/aromatic N) is 5. The lowest BCUT2D eigenvalue weighted by Crippen LogP contribution is -2.25. The zero-order valence-electron chi connectivity index (χ0n) is 10.4. The minimum Gasteiger partial charge on any atom is -0.369 e. The Labute approximate surface area is 109 Å². The van der Waals surface area contributed by atoms with E-state index in [-0.39, 0.29) is 5.91 Å². The molecular weight excluding hydrogens is 246 g/mol. The van der Waals surface area contributed by atoms with Crippen molar-refractivity contribution in [3.63, 3.8) is 0 Å². The highest BCUT2D eigenvalue weighted by Gasteiger charge is 2.22. The van der Waals surface area contributed by atoms with Gasteiger partial charge in [0.25, 0.3) is 0 Å². The Morgan fingerprint density at radius 1 is 1.42 bits per heavy atom. The molecule has 0 atom stereocenters. The van der Waals surface area contributed by atoms with Crippen molar-refractivity contribution in [2.75, 3.05) is 11.9 Å². The van der Waals surface area contributed by atoms with Crippen LogP contribution in [0, 0.1) is 0 Å². The lowest BCUT2D eigenvalue weighted by Gasteiger charge is -2.05. The highest BCUT2D eigenvalue weighted by molar-refractivity contribution is 5.76. The minimum atomic E-state index is 0.133. The van der Waals surface area contributed by atoms with Crippen molar-refractivity contribution in [2.45, 2.75) is 31.7 Å². The summed E-state index contributed by atoms with van der Waals surface area (Å²) in [5, 5.41) is 21.3. The summed E-state index contributed by atoms with van der Waals surface area (Å²) in [7, 11) is 0. The van der Waals surface area contributed by atoms with Crippen LogP contribution < -0.4 is 10.6 Å². The van der Waals surface area contributed by atoms with Gasteiger partial charge in [0.15, 0.2) is 5.65 Å².